The van der Waals surface area contributed by atoms with E-state index in [0.717, 1.165) is 29.5 Å². The number of hydrogen-bond donors (Lipinski definition) is 4. The van der Waals surface area contributed by atoms with Gasteiger partial charge in [0.05, 0.1) is 12.6 Å². The van der Waals surface area contributed by atoms with Crippen LogP contribution >= 0.6 is 0 Å². The van der Waals surface area contributed by atoms with Crippen molar-refractivity contribution >= 4 is 5.97 Å². The normalized spacial score (nSPS) is 27.9. The number of benzene rings is 2. The van der Waals surface area contributed by atoms with Gasteiger partial charge >= 0.3 is 29.6 Å². The number of carboxylic acid groups (broad SMARTS) is 1. The summed E-state index contributed by atoms with van der Waals surface area (Å²) < 4.78 is 11.3. The van der Waals surface area contributed by atoms with Gasteiger partial charge in [-0.3, -0.25) is 0 Å². The molecule has 0 aromatic heterocycles. The number of carbonyl (C=O) groups excluding carboxylic acids is 1. The van der Waals surface area contributed by atoms with Gasteiger partial charge in [0.1, 0.15) is 30.2 Å². The van der Waals surface area contributed by atoms with Crippen molar-refractivity contribution in [1.29, 1.82) is 0 Å². The zero-order valence-electron chi connectivity index (χ0n) is 17.0. The van der Waals surface area contributed by atoms with E-state index in [2.05, 4.69) is 0 Å². The molecule has 2 aliphatic rings. The zero-order chi connectivity index (χ0) is 21.4. The maximum absolute atomic E-state index is 10.9. The van der Waals surface area contributed by atoms with Crippen LogP contribution in [0, 0.1) is 0 Å². The molecule has 8 nitrogen and oxygen atoms in total. The third kappa shape index (κ3) is 5.13. The topological polar surface area (TPSA) is 140 Å². The molecule has 5 atom stereocenters. The van der Waals surface area contributed by atoms with Crippen LogP contribution in [0.25, 0.3) is 11.1 Å². The summed E-state index contributed by atoms with van der Waals surface area (Å²) in [4.78, 5) is 10.9. The monoisotopic (exact) mass is 438 g/mol. The zero-order valence-corrected chi connectivity index (χ0v) is 19.0. The fraction of sp³-hybridized carbons (Fsp3) is 0.409. The van der Waals surface area contributed by atoms with Gasteiger partial charge in [-0.05, 0) is 53.1 Å². The number of ether oxygens (including phenoxy) is 2. The number of rotatable bonds is 6. The Labute approximate surface area is 201 Å². The smallest absolute Gasteiger partial charge is 0.545 e. The maximum Gasteiger partial charge on any atom is 1.00 e. The number of carbonyl (C=O) groups is 1. The predicted octanol–water partition coefficient (Wildman–Crippen LogP) is -3.22. The Kier molecular flexibility index (Phi) is 7.77. The first-order valence-corrected chi connectivity index (χ1v) is 9.82. The molecule has 1 aliphatic carbocycles. The molecule has 0 radical (unpaired) electrons. The van der Waals surface area contributed by atoms with Gasteiger partial charge in [0, 0.05) is 0 Å². The van der Waals surface area contributed by atoms with Crippen molar-refractivity contribution in [3.05, 3.63) is 53.6 Å². The van der Waals surface area contributed by atoms with E-state index >= 15 is 0 Å². The number of aliphatic hydroxyl groups excluding tert-OH is 4. The minimum atomic E-state index is -1.51. The van der Waals surface area contributed by atoms with Crippen LogP contribution in [0.2, 0.25) is 0 Å². The Morgan fingerprint density at radius 1 is 1.00 bits per heavy atom. The summed E-state index contributed by atoms with van der Waals surface area (Å²) in [7, 11) is 0. The van der Waals surface area contributed by atoms with Gasteiger partial charge in [0.15, 0.2) is 0 Å². The maximum atomic E-state index is 10.9. The molecule has 1 saturated carbocycles. The molecular formula is C22H23NaO8. The number of carboxylic acids is 1. The molecule has 4 N–H and O–H groups in total. The first-order chi connectivity index (χ1) is 14.4. The van der Waals surface area contributed by atoms with Gasteiger partial charge < -0.3 is 39.8 Å². The van der Waals surface area contributed by atoms with Crippen LogP contribution in [-0.4, -0.2) is 63.7 Å². The number of aliphatic hydroxyl groups is 4. The molecule has 160 valence electrons. The molecule has 2 fully saturated rings. The SMILES string of the molecule is O=C([O-])c1ccc(-c2ccc(O[C@H]3O[C@H](CO)[C@@H](O)[C@H](O)[C@@H]3O)c(C3CC3)c2)cc1.[Na+]. The summed E-state index contributed by atoms with van der Waals surface area (Å²) in [5.74, 6) is -0.465. The molecule has 0 spiro atoms. The van der Waals surface area contributed by atoms with E-state index in [0.29, 0.717) is 5.75 Å². The van der Waals surface area contributed by atoms with E-state index in [1.54, 1.807) is 24.3 Å². The average Bonchev–Trinajstić information content (AvgIpc) is 3.59. The van der Waals surface area contributed by atoms with Crippen molar-refractivity contribution in [2.24, 2.45) is 0 Å². The van der Waals surface area contributed by atoms with Crippen LogP contribution in [0.4, 0.5) is 0 Å². The molecule has 0 bridgehead atoms. The van der Waals surface area contributed by atoms with Gasteiger partial charge in [-0.1, -0.05) is 30.3 Å². The Morgan fingerprint density at radius 2 is 1.65 bits per heavy atom. The van der Waals surface area contributed by atoms with Gasteiger partial charge in [0.2, 0.25) is 6.29 Å². The Bertz CT molecular complexity index is 912. The van der Waals surface area contributed by atoms with Crippen LogP contribution in [0.15, 0.2) is 42.5 Å². The number of aromatic carboxylic acids is 1. The molecule has 1 heterocycles. The Balaban J connectivity index is 0.00000272. The minimum Gasteiger partial charge on any atom is -0.545 e. The second kappa shape index (κ2) is 9.97. The molecule has 2 aromatic rings. The van der Waals surface area contributed by atoms with E-state index in [9.17, 15) is 30.3 Å². The van der Waals surface area contributed by atoms with Crippen molar-refractivity contribution in [3.8, 4) is 16.9 Å². The summed E-state index contributed by atoms with van der Waals surface area (Å²) in [5.41, 5.74) is 2.72. The van der Waals surface area contributed by atoms with E-state index < -0.39 is 43.3 Å². The van der Waals surface area contributed by atoms with Crippen molar-refractivity contribution in [1.82, 2.24) is 0 Å². The third-order valence-corrected chi connectivity index (χ3v) is 5.57. The molecule has 1 saturated heterocycles. The van der Waals surface area contributed by atoms with Crippen molar-refractivity contribution in [2.45, 2.75) is 49.5 Å². The molecule has 2 aromatic carbocycles. The van der Waals surface area contributed by atoms with Crippen molar-refractivity contribution < 1.29 is 69.4 Å². The summed E-state index contributed by atoms with van der Waals surface area (Å²) in [5, 5.41) is 50.4. The first kappa shape index (κ1) is 24.2. The fourth-order valence-electron chi connectivity index (χ4n) is 3.64. The molecule has 1 aliphatic heterocycles. The van der Waals surface area contributed by atoms with Gasteiger partial charge in [0.25, 0.3) is 0 Å². The Morgan fingerprint density at radius 3 is 2.23 bits per heavy atom. The van der Waals surface area contributed by atoms with Crippen LogP contribution in [-0.2, 0) is 4.74 Å². The summed E-state index contributed by atoms with van der Waals surface area (Å²) in [6.45, 7) is -0.527. The van der Waals surface area contributed by atoms with Crippen molar-refractivity contribution in [3.63, 3.8) is 0 Å². The molecule has 0 amide bonds. The summed E-state index contributed by atoms with van der Waals surface area (Å²) in [6, 6.07) is 11.9. The standard InChI is InChI=1S/C22H24O8.Na/c23-10-17-18(24)19(25)20(26)22(30-17)29-16-8-7-14(9-15(16)12-3-4-12)11-1-5-13(6-2-11)21(27)28;/h1-2,5-9,12,17-20,22-26H,3-4,10H2,(H,27,28);/q;+1/p-1/t17-,18-,19+,20+,22+;/m1./s1. The van der Waals surface area contributed by atoms with Crippen molar-refractivity contribution in [2.75, 3.05) is 6.61 Å². The van der Waals surface area contributed by atoms with E-state index in [1.807, 2.05) is 6.07 Å². The van der Waals surface area contributed by atoms with E-state index in [-0.39, 0.29) is 41.0 Å². The second-order valence-corrected chi connectivity index (χ2v) is 7.71. The van der Waals surface area contributed by atoms with Gasteiger partial charge in [-0.2, -0.15) is 0 Å². The first-order valence-electron chi connectivity index (χ1n) is 9.82. The second-order valence-electron chi connectivity index (χ2n) is 7.71. The van der Waals surface area contributed by atoms with Crippen LogP contribution in [0.1, 0.15) is 34.7 Å². The Hall–Kier alpha value is -1.49. The van der Waals surface area contributed by atoms with E-state index in [4.69, 9.17) is 9.47 Å². The average molecular weight is 438 g/mol. The summed E-state index contributed by atoms with van der Waals surface area (Å²) >= 11 is 0. The minimum absolute atomic E-state index is 0. The molecule has 4 rings (SSSR count). The fourth-order valence-corrected chi connectivity index (χ4v) is 3.64. The van der Waals surface area contributed by atoms with Crippen LogP contribution in [0.5, 0.6) is 5.75 Å². The quantitative estimate of drug-likeness (QED) is 0.346. The molecule has 31 heavy (non-hydrogen) atoms. The summed E-state index contributed by atoms with van der Waals surface area (Å²) in [6.07, 6.45) is -4.75. The molecule has 0 unspecified atom stereocenters. The largest absolute Gasteiger partial charge is 1.00 e. The van der Waals surface area contributed by atoms with Crippen LogP contribution in [0.3, 0.4) is 0 Å². The third-order valence-electron chi connectivity index (χ3n) is 5.57. The van der Waals surface area contributed by atoms with E-state index in [1.165, 1.54) is 12.1 Å². The molecule has 9 heteroatoms. The predicted molar refractivity (Wildman–Crippen MR) is 103 cm³/mol. The van der Waals surface area contributed by atoms with Crippen LogP contribution < -0.4 is 39.4 Å². The molecular weight excluding hydrogens is 415 g/mol. The van der Waals surface area contributed by atoms with Gasteiger partial charge in [-0.25, -0.2) is 0 Å². The van der Waals surface area contributed by atoms with Gasteiger partial charge in [-0.15, -0.1) is 0 Å². The number of hydrogen-bond acceptors (Lipinski definition) is 8.